The second kappa shape index (κ2) is 3.36. The zero-order valence-corrected chi connectivity index (χ0v) is 7.30. The Labute approximate surface area is 79.5 Å². The summed E-state index contributed by atoms with van der Waals surface area (Å²) in [6.07, 6.45) is 1.01. The number of alkyl halides is 2. The van der Waals surface area contributed by atoms with Crippen molar-refractivity contribution >= 4 is 5.78 Å². The third-order valence-corrected chi connectivity index (χ3v) is 2.23. The Morgan fingerprint density at radius 1 is 1.29 bits per heavy atom. The lowest BCUT2D eigenvalue weighted by Gasteiger charge is -2.07. The van der Waals surface area contributed by atoms with Crippen LogP contribution in [0.25, 0.3) is 0 Å². The molecule has 74 valence electrons. The van der Waals surface area contributed by atoms with E-state index in [4.69, 9.17) is 0 Å². The van der Waals surface area contributed by atoms with E-state index in [9.17, 15) is 13.6 Å². The summed E-state index contributed by atoms with van der Waals surface area (Å²) in [5, 5.41) is 0. The Kier molecular flexibility index (Phi) is 2.19. The third kappa shape index (κ3) is 1.47. The molecule has 0 aromatic heterocycles. The number of carbonyl (C=O) groups is 1. The summed E-state index contributed by atoms with van der Waals surface area (Å²) >= 11 is 0. The highest BCUT2D eigenvalue weighted by atomic mass is 19.3. The van der Waals surface area contributed by atoms with Gasteiger partial charge in [0.05, 0.1) is 5.56 Å². The molecule has 0 atom stereocenters. The number of ketones is 1. The van der Waals surface area contributed by atoms with Crippen molar-refractivity contribution in [3.63, 3.8) is 0 Å². The average molecular weight is 198 g/mol. The van der Waals surface area contributed by atoms with Gasteiger partial charge in [-0.15, -0.1) is 0 Å². The number of benzene rings is 1. The third-order valence-electron chi connectivity index (χ3n) is 2.23. The summed E-state index contributed by atoms with van der Waals surface area (Å²) in [7, 11) is 0. The minimum atomic E-state index is -2.88. The molecule has 0 N–H and O–H groups in total. The van der Waals surface area contributed by atoms with Crippen LogP contribution in [0.4, 0.5) is 8.78 Å². The van der Waals surface area contributed by atoms with Gasteiger partial charge in [0.15, 0.2) is 5.78 Å². The molecule has 1 aromatic carbocycles. The second-order valence-electron chi connectivity index (χ2n) is 3.09. The maximum absolute atomic E-state index is 12.0. The van der Waals surface area contributed by atoms with Gasteiger partial charge in [-0.25, -0.2) is 0 Å². The first-order valence-corrected chi connectivity index (χ1v) is 4.28. The van der Waals surface area contributed by atoms with Crippen LogP contribution in [0.1, 0.15) is 22.3 Å². The molecule has 2 nitrogen and oxygen atoms in total. The lowest BCUT2D eigenvalue weighted by atomic mass is 10.1. The molecular formula is C10H8F2O2. The number of Topliss-reactive ketones (excluding diaryl/α,β-unsaturated/α-hetero) is 1. The lowest BCUT2D eigenvalue weighted by Crippen LogP contribution is -2.06. The van der Waals surface area contributed by atoms with Crippen molar-refractivity contribution in [3.05, 3.63) is 29.3 Å². The van der Waals surface area contributed by atoms with Crippen LogP contribution in [0, 0.1) is 0 Å². The van der Waals surface area contributed by atoms with Crippen LogP contribution in [0.3, 0.4) is 0 Å². The molecule has 0 unspecified atom stereocenters. The molecule has 1 aliphatic rings. The van der Waals surface area contributed by atoms with E-state index in [-0.39, 0.29) is 11.5 Å². The van der Waals surface area contributed by atoms with E-state index in [0.717, 1.165) is 5.56 Å². The molecule has 1 aliphatic carbocycles. The highest BCUT2D eigenvalue weighted by Gasteiger charge is 2.24. The molecule has 0 fully saturated rings. The smallest absolute Gasteiger partial charge is 0.387 e. The predicted octanol–water partition coefficient (Wildman–Crippen LogP) is 2.42. The highest BCUT2D eigenvalue weighted by Crippen LogP contribution is 2.31. The molecule has 0 heterocycles. The first-order valence-electron chi connectivity index (χ1n) is 4.28. The number of hydrogen-bond acceptors (Lipinski definition) is 2. The molecule has 0 radical (unpaired) electrons. The lowest BCUT2D eigenvalue weighted by molar-refractivity contribution is -0.0501. The summed E-state index contributed by atoms with van der Waals surface area (Å²) in [6, 6.07) is 4.78. The topological polar surface area (TPSA) is 26.3 Å². The molecule has 4 heteroatoms. The molecule has 0 aliphatic heterocycles. The molecule has 2 rings (SSSR count). The quantitative estimate of drug-likeness (QED) is 0.729. The van der Waals surface area contributed by atoms with Gasteiger partial charge in [-0.3, -0.25) is 4.79 Å². The van der Waals surface area contributed by atoms with Crippen LogP contribution in [0.5, 0.6) is 5.75 Å². The number of aryl methyl sites for hydroxylation is 1. The Morgan fingerprint density at radius 2 is 2.07 bits per heavy atom. The van der Waals surface area contributed by atoms with Gasteiger partial charge in [0, 0.05) is 6.42 Å². The fraction of sp³-hybridized carbons (Fsp3) is 0.300. The highest BCUT2D eigenvalue weighted by molar-refractivity contribution is 6.02. The van der Waals surface area contributed by atoms with Gasteiger partial charge in [0.25, 0.3) is 0 Å². The van der Waals surface area contributed by atoms with Gasteiger partial charge in [-0.05, 0) is 18.1 Å². The fourth-order valence-electron chi connectivity index (χ4n) is 1.67. The minimum absolute atomic E-state index is 0.000000000000000222. The average Bonchev–Trinajstić information content (AvgIpc) is 2.48. The van der Waals surface area contributed by atoms with Crippen LogP contribution in [-0.2, 0) is 6.42 Å². The Balaban J connectivity index is 2.41. The van der Waals surface area contributed by atoms with E-state index < -0.39 is 6.61 Å². The van der Waals surface area contributed by atoms with Gasteiger partial charge in [0.1, 0.15) is 5.75 Å². The van der Waals surface area contributed by atoms with Crippen LogP contribution in [0.2, 0.25) is 0 Å². The Bertz CT molecular complexity index is 374. The van der Waals surface area contributed by atoms with Gasteiger partial charge >= 0.3 is 6.61 Å². The van der Waals surface area contributed by atoms with Crippen LogP contribution >= 0.6 is 0 Å². The van der Waals surface area contributed by atoms with E-state index in [1.165, 1.54) is 6.07 Å². The first kappa shape index (κ1) is 9.12. The van der Waals surface area contributed by atoms with Crippen LogP contribution in [0.15, 0.2) is 18.2 Å². The molecule has 14 heavy (non-hydrogen) atoms. The standard InChI is InChI=1S/C10H8F2O2/c11-10(12)14-8-3-1-2-6-4-5-7(13)9(6)8/h1-3,10H,4-5H2. The van der Waals surface area contributed by atoms with Crippen molar-refractivity contribution < 1.29 is 18.3 Å². The molecule has 0 amide bonds. The van der Waals surface area contributed by atoms with Gasteiger partial charge < -0.3 is 4.74 Å². The number of carbonyl (C=O) groups excluding carboxylic acids is 1. The number of rotatable bonds is 2. The van der Waals surface area contributed by atoms with E-state index >= 15 is 0 Å². The maximum atomic E-state index is 12.0. The minimum Gasteiger partial charge on any atom is -0.434 e. The van der Waals surface area contributed by atoms with Gasteiger partial charge in [0.2, 0.25) is 0 Å². The molecular weight excluding hydrogens is 190 g/mol. The molecule has 1 aromatic rings. The zero-order chi connectivity index (χ0) is 10.1. The summed E-state index contributed by atoms with van der Waals surface area (Å²) in [5.41, 5.74) is 1.13. The summed E-state index contributed by atoms with van der Waals surface area (Å²) < 4.78 is 28.2. The first-order chi connectivity index (χ1) is 6.68. The molecule has 0 spiro atoms. The van der Waals surface area contributed by atoms with Crippen molar-refractivity contribution in [1.82, 2.24) is 0 Å². The number of fused-ring (bicyclic) bond motifs is 1. The maximum Gasteiger partial charge on any atom is 0.387 e. The normalized spacial score (nSPS) is 14.6. The van der Waals surface area contributed by atoms with Crippen molar-refractivity contribution in [2.75, 3.05) is 0 Å². The van der Waals surface area contributed by atoms with Crippen molar-refractivity contribution in [1.29, 1.82) is 0 Å². The summed E-state index contributed by atoms with van der Waals surface area (Å²) in [5.74, 6) is -0.115. The van der Waals surface area contributed by atoms with E-state index in [0.29, 0.717) is 18.4 Å². The van der Waals surface area contributed by atoms with Gasteiger partial charge in [-0.2, -0.15) is 8.78 Å². The summed E-state index contributed by atoms with van der Waals surface area (Å²) in [4.78, 5) is 11.3. The second-order valence-corrected chi connectivity index (χ2v) is 3.09. The van der Waals surface area contributed by atoms with E-state index in [1.54, 1.807) is 12.1 Å². The van der Waals surface area contributed by atoms with E-state index in [1.807, 2.05) is 0 Å². The predicted molar refractivity (Wildman–Crippen MR) is 45.7 cm³/mol. The van der Waals surface area contributed by atoms with E-state index in [2.05, 4.69) is 4.74 Å². The van der Waals surface area contributed by atoms with Crippen molar-refractivity contribution in [3.8, 4) is 5.75 Å². The SMILES string of the molecule is O=C1CCc2cccc(OC(F)F)c21. The Hall–Kier alpha value is -1.45. The van der Waals surface area contributed by atoms with Crippen LogP contribution in [-0.4, -0.2) is 12.4 Å². The molecule has 0 saturated heterocycles. The van der Waals surface area contributed by atoms with Crippen molar-refractivity contribution in [2.45, 2.75) is 19.5 Å². The fourth-order valence-corrected chi connectivity index (χ4v) is 1.67. The Morgan fingerprint density at radius 3 is 2.79 bits per heavy atom. The summed E-state index contributed by atoms with van der Waals surface area (Å²) in [6.45, 7) is -2.88. The number of hydrogen-bond donors (Lipinski definition) is 0. The van der Waals surface area contributed by atoms with Crippen LogP contribution < -0.4 is 4.74 Å². The largest absolute Gasteiger partial charge is 0.434 e. The van der Waals surface area contributed by atoms with Crippen molar-refractivity contribution in [2.24, 2.45) is 0 Å². The number of halogens is 2. The van der Waals surface area contributed by atoms with Gasteiger partial charge in [-0.1, -0.05) is 12.1 Å². The monoisotopic (exact) mass is 198 g/mol. The number of ether oxygens (including phenoxy) is 1. The molecule has 0 saturated carbocycles. The molecule has 0 bridgehead atoms. The zero-order valence-electron chi connectivity index (χ0n) is 7.30.